The average molecular weight is 246 g/mol. The van der Waals surface area contributed by atoms with Gasteiger partial charge in [0.15, 0.2) is 6.04 Å². The van der Waals surface area contributed by atoms with Gasteiger partial charge in [-0.3, -0.25) is 4.79 Å². The molecule has 4 N–H and O–H groups in total. The van der Waals surface area contributed by atoms with E-state index < -0.39 is 24.0 Å². The smallest absolute Gasteiger partial charge is 0.330 e. The molecule has 18 heavy (non-hydrogen) atoms. The molecule has 0 heterocycles. The third kappa shape index (κ3) is 3.61. The number of carboxylic acid groups (broad SMARTS) is 1. The normalized spacial score (nSPS) is 13.1. The van der Waals surface area contributed by atoms with Gasteiger partial charge in [0, 0.05) is 6.42 Å². The second kappa shape index (κ2) is 6.42. The van der Waals surface area contributed by atoms with Gasteiger partial charge in [0.25, 0.3) is 0 Å². The Hall–Kier alpha value is -2.32. The van der Waals surface area contributed by atoms with Crippen molar-refractivity contribution in [2.45, 2.75) is 18.5 Å². The van der Waals surface area contributed by atoms with E-state index in [2.05, 4.69) is 11.2 Å². The van der Waals surface area contributed by atoms with Crippen LogP contribution in [0.25, 0.3) is 0 Å². The van der Waals surface area contributed by atoms with E-state index in [4.69, 9.17) is 17.3 Å². The molecule has 0 aliphatic rings. The molecule has 2 atom stereocenters. The molecule has 5 heteroatoms. The van der Waals surface area contributed by atoms with Gasteiger partial charge in [0.1, 0.15) is 0 Å². The van der Waals surface area contributed by atoms with Gasteiger partial charge < -0.3 is 16.2 Å². The number of terminal acetylenes is 1. The molecule has 0 saturated heterocycles. The van der Waals surface area contributed by atoms with Crippen LogP contribution in [0.15, 0.2) is 30.3 Å². The Balaban J connectivity index is 2.80. The highest BCUT2D eigenvalue weighted by Crippen LogP contribution is 2.12. The predicted molar refractivity (Wildman–Crippen MR) is 66.4 cm³/mol. The lowest BCUT2D eigenvalue weighted by atomic mass is 10.1. The van der Waals surface area contributed by atoms with Crippen LogP contribution in [0.2, 0.25) is 0 Å². The zero-order valence-electron chi connectivity index (χ0n) is 9.67. The van der Waals surface area contributed by atoms with E-state index in [-0.39, 0.29) is 6.42 Å². The lowest BCUT2D eigenvalue weighted by Crippen LogP contribution is -2.44. The monoisotopic (exact) mass is 246 g/mol. The summed E-state index contributed by atoms with van der Waals surface area (Å²) < 4.78 is 0. The number of rotatable bonds is 5. The first-order valence-corrected chi connectivity index (χ1v) is 5.33. The Morgan fingerprint density at radius 1 is 1.39 bits per heavy atom. The standard InChI is InChI=1S/C13H14N2O3/c1-2-6-10(14)12(16)15-11(13(17)18)9-7-4-3-5-8-9/h1,3-5,7-8,10-11H,6,14H2,(H,15,16)(H,17,18). The fourth-order valence-corrected chi connectivity index (χ4v) is 1.40. The molecule has 0 fully saturated rings. The zero-order chi connectivity index (χ0) is 13.5. The summed E-state index contributed by atoms with van der Waals surface area (Å²) in [6.45, 7) is 0. The van der Waals surface area contributed by atoms with Crippen molar-refractivity contribution in [3.05, 3.63) is 35.9 Å². The van der Waals surface area contributed by atoms with Crippen LogP contribution >= 0.6 is 0 Å². The Labute approximate surface area is 105 Å². The summed E-state index contributed by atoms with van der Waals surface area (Å²) in [6.07, 6.45) is 5.11. The predicted octanol–water partition coefficient (Wildman–Crippen LogP) is 0.279. The molecule has 0 bridgehead atoms. The molecule has 0 saturated carbocycles. The number of carbonyl (C=O) groups is 2. The van der Waals surface area contributed by atoms with Gasteiger partial charge in [-0.1, -0.05) is 30.3 Å². The molecule has 1 aromatic carbocycles. The maximum Gasteiger partial charge on any atom is 0.330 e. The minimum Gasteiger partial charge on any atom is -0.479 e. The Morgan fingerprint density at radius 2 is 2.00 bits per heavy atom. The van der Waals surface area contributed by atoms with Gasteiger partial charge in [0.05, 0.1) is 6.04 Å². The number of hydrogen-bond acceptors (Lipinski definition) is 3. The summed E-state index contributed by atoms with van der Waals surface area (Å²) in [7, 11) is 0. The van der Waals surface area contributed by atoms with Crippen LogP contribution in [0.3, 0.4) is 0 Å². The molecular formula is C13H14N2O3. The SMILES string of the molecule is C#CCC(N)C(=O)NC(C(=O)O)c1ccccc1. The summed E-state index contributed by atoms with van der Waals surface area (Å²) in [5.74, 6) is 0.527. The van der Waals surface area contributed by atoms with Crippen molar-refractivity contribution >= 4 is 11.9 Å². The Bertz CT molecular complexity index is 465. The highest BCUT2D eigenvalue weighted by atomic mass is 16.4. The topological polar surface area (TPSA) is 92.4 Å². The molecule has 0 aliphatic heterocycles. The fraction of sp³-hybridized carbons (Fsp3) is 0.231. The first-order chi connectivity index (χ1) is 8.56. The average Bonchev–Trinajstić information content (AvgIpc) is 2.36. The summed E-state index contributed by atoms with van der Waals surface area (Å²) >= 11 is 0. The van der Waals surface area contributed by atoms with Crippen molar-refractivity contribution in [2.24, 2.45) is 5.73 Å². The van der Waals surface area contributed by atoms with E-state index in [9.17, 15) is 9.59 Å². The maximum absolute atomic E-state index is 11.6. The van der Waals surface area contributed by atoms with Gasteiger partial charge in [-0.15, -0.1) is 12.3 Å². The third-order valence-electron chi connectivity index (χ3n) is 2.34. The number of aliphatic carboxylic acids is 1. The van der Waals surface area contributed by atoms with E-state index in [1.54, 1.807) is 30.3 Å². The lowest BCUT2D eigenvalue weighted by molar-refractivity contribution is -0.142. The quantitative estimate of drug-likeness (QED) is 0.651. The van der Waals surface area contributed by atoms with Crippen LogP contribution in [0.5, 0.6) is 0 Å². The first kappa shape index (κ1) is 13.7. The van der Waals surface area contributed by atoms with E-state index in [1.807, 2.05) is 0 Å². The molecule has 0 radical (unpaired) electrons. The first-order valence-electron chi connectivity index (χ1n) is 5.33. The van der Waals surface area contributed by atoms with Gasteiger partial charge in [-0.2, -0.15) is 0 Å². The summed E-state index contributed by atoms with van der Waals surface area (Å²) in [5.41, 5.74) is 5.98. The number of hydrogen-bond donors (Lipinski definition) is 3. The minimum absolute atomic E-state index is 0.0625. The zero-order valence-corrected chi connectivity index (χ0v) is 9.67. The minimum atomic E-state index is -1.15. The number of nitrogens with two attached hydrogens (primary N) is 1. The lowest BCUT2D eigenvalue weighted by Gasteiger charge is -2.17. The number of amides is 1. The third-order valence-corrected chi connectivity index (χ3v) is 2.34. The molecule has 1 amide bonds. The van der Waals surface area contributed by atoms with Crippen LogP contribution in [-0.4, -0.2) is 23.0 Å². The molecule has 1 aromatic rings. The van der Waals surface area contributed by atoms with Crippen molar-refractivity contribution in [2.75, 3.05) is 0 Å². The van der Waals surface area contributed by atoms with Crippen LogP contribution < -0.4 is 11.1 Å². The fourth-order valence-electron chi connectivity index (χ4n) is 1.40. The maximum atomic E-state index is 11.6. The largest absolute Gasteiger partial charge is 0.479 e. The van der Waals surface area contributed by atoms with Crippen LogP contribution in [0.4, 0.5) is 0 Å². The number of carbonyl (C=O) groups excluding carboxylic acids is 1. The van der Waals surface area contributed by atoms with E-state index in [0.29, 0.717) is 5.56 Å². The molecule has 0 aromatic heterocycles. The van der Waals surface area contributed by atoms with Gasteiger partial charge in [-0.25, -0.2) is 4.79 Å². The summed E-state index contributed by atoms with van der Waals surface area (Å²) in [5, 5.41) is 11.4. The van der Waals surface area contributed by atoms with Crippen LogP contribution in [0.1, 0.15) is 18.0 Å². The highest BCUT2D eigenvalue weighted by Gasteiger charge is 2.24. The van der Waals surface area contributed by atoms with E-state index >= 15 is 0 Å². The molecule has 2 unspecified atom stereocenters. The van der Waals surface area contributed by atoms with Crippen molar-refractivity contribution in [1.82, 2.24) is 5.32 Å². The van der Waals surface area contributed by atoms with E-state index in [1.165, 1.54) is 0 Å². The van der Waals surface area contributed by atoms with Crippen molar-refractivity contribution < 1.29 is 14.7 Å². The number of nitrogens with one attached hydrogen (secondary N) is 1. The Morgan fingerprint density at radius 3 is 2.50 bits per heavy atom. The van der Waals surface area contributed by atoms with Crippen molar-refractivity contribution in [3.8, 4) is 12.3 Å². The molecule has 1 rings (SSSR count). The van der Waals surface area contributed by atoms with Crippen LogP contribution in [-0.2, 0) is 9.59 Å². The summed E-state index contributed by atoms with van der Waals surface area (Å²) in [4.78, 5) is 22.7. The molecular weight excluding hydrogens is 232 g/mol. The van der Waals surface area contributed by atoms with E-state index in [0.717, 1.165) is 0 Å². The highest BCUT2D eigenvalue weighted by molar-refractivity contribution is 5.87. The number of benzene rings is 1. The molecule has 0 spiro atoms. The second-order valence-corrected chi connectivity index (χ2v) is 3.71. The number of carboxylic acids is 1. The van der Waals surface area contributed by atoms with Crippen molar-refractivity contribution in [3.63, 3.8) is 0 Å². The molecule has 94 valence electrons. The molecule has 0 aliphatic carbocycles. The van der Waals surface area contributed by atoms with Crippen molar-refractivity contribution in [1.29, 1.82) is 0 Å². The summed E-state index contributed by atoms with van der Waals surface area (Å²) in [6, 6.07) is 6.35. The van der Waals surface area contributed by atoms with Gasteiger partial charge in [0.2, 0.25) is 5.91 Å². The molecule has 5 nitrogen and oxygen atoms in total. The van der Waals surface area contributed by atoms with Gasteiger partial charge >= 0.3 is 5.97 Å². The second-order valence-electron chi connectivity index (χ2n) is 3.71. The Kier molecular flexibility index (Phi) is 4.90. The van der Waals surface area contributed by atoms with Crippen LogP contribution in [0, 0.1) is 12.3 Å². The van der Waals surface area contributed by atoms with Gasteiger partial charge in [-0.05, 0) is 5.56 Å².